The summed E-state index contributed by atoms with van der Waals surface area (Å²) >= 11 is 0. The fourth-order valence-electron chi connectivity index (χ4n) is 4.00. The zero-order valence-electron chi connectivity index (χ0n) is 15.4. The van der Waals surface area contributed by atoms with Crippen LogP contribution in [0.5, 0.6) is 0 Å². The average Bonchev–Trinajstić information content (AvgIpc) is 2.68. The summed E-state index contributed by atoms with van der Waals surface area (Å²) in [6, 6.07) is 5.51. The molecule has 9 heteroatoms. The van der Waals surface area contributed by atoms with Crippen LogP contribution in [0.1, 0.15) is 32.1 Å². The number of anilines is 1. The normalized spacial score (nSPS) is 20.8. The van der Waals surface area contributed by atoms with Crippen molar-refractivity contribution in [2.45, 2.75) is 42.5 Å². The first-order valence-corrected chi connectivity index (χ1v) is 10.9. The summed E-state index contributed by atoms with van der Waals surface area (Å²) in [6.45, 7) is 3.87. The van der Waals surface area contributed by atoms with E-state index in [4.69, 9.17) is 9.88 Å². The van der Waals surface area contributed by atoms with Crippen molar-refractivity contribution in [1.82, 2.24) is 10.2 Å². The molecule has 0 bridgehead atoms. The monoisotopic (exact) mass is 396 g/mol. The lowest BCUT2D eigenvalue weighted by atomic mass is 9.80. The summed E-state index contributed by atoms with van der Waals surface area (Å²) in [5, 5.41) is 10.8. The molecule has 1 saturated carbocycles. The van der Waals surface area contributed by atoms with E-state index >= 15 is 0 Å². The Morgan fingerprint density at radius 2 is 1.74 bits per heavy atom. The molecule has 150 valence electrons. The predicted octanol–water partition coefficient (Wildman–Crippen LogP) is 1.49. The SMILES string of the molecule is NS(=O)(=O)c1ccc(NC(=O)NCC2(N3CCOCC3)CCCCC2)cc1. The number of carbonyl (C=O) groups is 1. The third-order valence-electron chi connectivity index (χ3n) is 5.48. The van der Waals surface area contributed by atoms with Gasteiger partial charge >= 0.3 is 6.03 Å². The molecule has 4 N–H and O–H groups in total. The number of hydrogen-bond donors (Lipinski definition) is 3. The van der Waals surface area contributed by atoms with E-state index in [1.165, 1.54) is 43.5 Å². The summed E-state index contributed by atoms with van der Waals surface area (Å²) in [7, 11) is -3.74. The largest absolute Gasteiger partial charge is 0.379 e. The maximum Gasteiger partial charge on any atom is 0.319 e. The van der Waals surface area contributed by atoms with Crippen molar-refractivity contribution in [3.8, 4) is 0 Å². The molecular formula is C18H28N4O4S. The van der Waals surface area contributed by atoms with Gasteiger partial charge in [0.2, 0.25) is 10.0 Å². The number of rotatable bonds is 5. The molecule has 1 heterocycles. The first kappa shape index (κ1) is 20.1. The number of benzene rings is 1. The quantitative estimate of drug-likeness (QED) is 0.698. The lowest BCUT2D eigenvalue weighted by Crippen LogP contribution is -2.60. The zero-order valence-corrected chi connectivity index (χ0v) is 16.3. The van der Waals surface area contributed by atoms with Gasteiger partial charge in [-0.25, -0.2) is 18.4 Å². The van der Waals surface area contributed by atoms with Crippen LogP contribution in [0.3, 0.4) is 0 Å². The number of carbonyl (C=O) groups excluding carboxylic acids is 1. The van der Waals surface area contributed by atoms with Crippen LogP contribution < -0.4 is 15.8 Å². The predicted molar refractivity (Wildman–Crippen MR) is 103 cm³/mol. The van der Waals surface area contributed by atoms with E-state index < -0.39 is 10.0 Å². The number of amides is 2. The molecule has 2 aliphatic rings. The van der Waals surface area contributed by atoms with Gasteiger partial charge in [-0.1, -0.05) is 19.3 Å². The average molecular weight is 397 g/mol. The molecule has 2 amide bonds. The van der Waals surface area contributed by atoms with Crippen LogP contribution in [0.15, 0.2) is 29.2 Å². The molecule has 0 spiro atoms. The highest BCUT2D eigenvalue weighted by Gasteiger charge is 2.38. The molecule has 0 aromatic heterocycles. The number of nitrogens with two attached hydrogens (primary N) is 1. The van der Waals surface area contributed by atoms with Gasteiger partial charge < -0.3 is 15.4 Å². The molecule has 3 rings (SSSR count). The van der Waals surface area contributed by atoms with Crippen molar-refractivity contribution >= 4 is 21.7 Å². The number of hydrogen-bond acceptors (Lipinski definition) is 5. The fourth-order valence-corrected chi connectivity index (χ4v) is 4.52. The van der Waals surface area contributed by atoms with Crippen LogP contribution in [0.4, 0.5) is 10.5 Å². The minimum atomic E-state index is -3.74. The maximum atomic E-state index is 12.4. The van der Waals surface area contributed by atoms with Gasteiger partial charge in [-0.15, -0.1) is 0 Å². The van der Waals surface area contributed by atoms with Crippen molar-refractivity contribution in [3.63, 3.8) is 0 Å². The molecule has 1 aromatic carbocycles. The lowest BCUT2D eigenvalue weighted by Gasteiger charge is -2.48. The number of nitrogens with zero attached hydrogens (tertiary/aromatic N) is 1. The minimum Gasteiger partial charge on any atom is -0.379 e. The number of primary sulfonamides is 1. The van der Waals surface area contributed by atoms with Crippen molar-refractivity contribution in [2.75, 3.05) is 38.2 Å². The first-order valence-electron chi connectivity index (χ1n) is 9.40. The van der Waals surface area contributed by atoms with E-state index in [1.54, 1.807) is 0 Å². The third-order valence-corrected chi connectivity index (χ3v) is 6.41. The maximum absolute atomic E-state index is 12.4. The molecule has 27 heavy (non-hydrogen) atoms. The van der Waals surface area contributed by atoms with Gasteiger partial charge in [0.1, 0.15) is 0 Å². The highest BCUT2D eigenvalue weighted by Crippen LogP contribution is 2.33. The molecule has 0 unspecified atom stereocenters. The Morgan fingerprint density at radius 1 is 1.11 bits per heavy atom. The number of nitrogens with one attached hydrogen (secondary N) is 2. The van der Waals surface area contributed by atoms with Crippen LogP contribution in [-0.2, 0) is 14.8 Å². The molecule has 8 nitrogen and oxygen atoms in total. The fraction of sp³-hybridized carbons (Fsp3) is 0.611. The van der Waals surface area contributed by atoms with Crippen LogP contribution in [0.25, 0.3) is 0 Å². The summed E-state index contributed by atoms with van der Waals surface area (Å²) in [5.41, 5.74) is 0.514. The van der Waals surface area contributed by atoms with Crippen LogP contribution in [0.2, 0.25) is 0 Å². The Hall–Kier alpha value is -1.68. The van der Waals surface area contributed by atoms with Crippen molar-refractivity contribution in [1.29, 1.82) is 0 Å². The minimum absolute atomic E-state index is 0.00312. The first-order chi connectivity index (χ1) is 12.9. The van der Waals surface area contributed by atoms with E-state index in [1.807, 2.05) is 0 Å². The van der Waals surface area contributed by atoms with E-state index in [-0.39, 0.29) is 16.5 Å². The Bertz CT molecular complexity index is 739. The smallest absolute Gasteiger partial charge is 0.319 e. The van der Waals surface area contributed by atoms with Crippen molar-refractivity contribution in [2.24, 2.45) is 5.14 Å². The van der Waals surface area contributed by atoms with Crippen LogP contribution in [-0.4, -0.2) is 57.7 Å². The second-order valence-corrected chi connectivity index (χ2v) is 8.82. The molecule has 1 saturated heterocycles. The van der Waals surface area contributed by atoms with Crippen LogP contribution in [0, 0.1) is 0 Å². The van der Waals surface area contributed by atoms with E-state index in [0.717, 1.165) is 39.1 Å². The Balaban J connectivity index is 1.59. The summed E-state index contributed by atoms with van der Waals surface area (Å²) in [4.78, 5) is 14.8. The number of urea groups is 1. The molecule has 1 aromatic rings. The van der Waals surface area contributed by atoms with Gasteiger partial charge in [-0.05, 0) is 37.1 Å². The van der Waals surface area contributed by atoms with Crippen molar-refractivity contribution < 1.29 is 17.9 Å². The number of morpholine rings is 1. The third kappa shape index (κ3) is 5.19. The zero-order chi connectivity index (χ0) is 19.3. The van der Waals surface area contributed by atoms with Gasteiger partial charge in [-0.2, -0.15) is 0 Å². The topological polar surface area (TPSA) is 114 Å². The lowest BCUT2D eigenvalue weighted by molar-refractivity contribution is -0.0356. The Kier molecular flexibility index (Phi) is 6.36. The summed E-state index contributed by atoms with van der Waals surface area (Å²) < 4.78 is 28.1. The molecule has 1 aliphatic heterocycles. The Labute approximate surface area is 160 Å². The second kappa shape index (κ2) is 8.55. The summed E-state index contributed by atoms with van der Waals surface area (Å²) in [6.07, 6.45) is 5.76. The van der Waals surface area contributed by atoms with E-state index in [9.17, 15) is 13.2 Å². The molecule has 0 atom stereocenters. The highest BCUT2D eigenvalue weighted by atomic mass is 32.2. The molecule has 0 radical (unpaired) electrons. The van der Waals surface area contributed by atoms with Crippen molar-refractivity contribution in [3.05, 3.63) is 24.3 Å². The van der Waals surface area contributed by atoms with Gasteiger partial charge in [0, 0.05) is 30.9 Å². The van der Waals surface area contributed by atoms with Crippen LogP contribution >= 0.6 is 0 Å². The molecular weight excluding hydrogens is 368 g/mol. The number of ether oxygens (including phenoxy) is 1. The molecule has 1 aliphatic carbocycles. The highest BCUT2D eigenvalue weighted by molar-refractivity contribution is 7.89. The molecule has 2 fully saturated rings. The van der Waals surface area contributed by atoms with Gasteiger partial charge in [0.25, 0.3) is 0 Å². The standard InChI is InChI=1S/C18H28N4O4S/c19-27(24,25)16-6-4-15(5-7-16)21-17(23)20-14-18(8-2-1-3-9-18)22-10-12-26-13-11-22/h4-7H,1-3,8-14H2,(H2,19,24,25)(H2,20,21,23). The number of sulfonamides is 1. The van der Waals surface area contributed by atoms with Gasteiger partial charge in [-0.3, -0.25) is 4.90 Å². The van der Waals surface area contributed by atoms with E-state index in [0.29, 0.717) is 12.2 Å². The summed E-state index contributed by atoms with van der Waals surface area (Å²) in [5.74, 6) is 0. The second-order valence-electron chi connectivity index (χ2n) is 7.26. The van der Waals surface area contributed by atoms with Gasteiger partial charge in [0.05, 0.1) is 18.1 Å². The Morgan fingerprint density at radius 3 is 2.33 bits per heavy atom. The van der Waals surface area contributed by atoms with E-state index in [2.05, 4.69) is 15.5 Å². The van der Waals surface area contributed by atoms with Gasteiger partial charge in [0.15, 0.2) is 0 Å².